The number of hydrogen-bond acceptors (Lipinski definition) is 3. The number of hydrogen-bond donors (Lipinski definition) is 1. The molecule has 20 heavy (non-hydrogen) atoms. The van der Waals surface area contributed by atoms with Crippen LogP contribution in [-0.4, -0.2) is 9.97 Å². The van der Waals surface area contributed by atoms with Gasteiger partial charge in [0.1, 0.15) is 5.82 Å². The molecule has 0 aliphatic rings. The first-order chi connectivity index (χ1) is 9.72. The lowest BCUT2D eigenvalue weighted by molar-refractivity contribution is 1.03. The van der Waals surface area contributed by atoms with Crippen LogP contribution in [0.3, 0.4) is 0 Å². The van der Waals surface area contributed by atoms with Crippen molar-refractivity contribution in [3.63, 3.8) is 0 Å². The number of benzene rings is 1. The van der Waals surface area contributed by atoms with Crippen molar-refractivity contribution >= 4 is 16.7 Å². The normalized spacial score (nSPS) is 10.7. The van der Waals surface area contributed by atoms with E-state index in [1.165, 1.54) is 10.9 Å². The van der Waals surface area contributed by atoms with E-state index in [4.69, 9.17) is 4.98 Å². The fraction of sp³-hybridized carbons (Fsp3) is 0.176. The molecule has 0 unspecified atom stereocenters. The zero-order valence-corrected chi connectivity index (χ0v) is 11.7. The van der Waals surface area contributed by atoms with Crippen molar-refractivity contribution in [3.8, 4) is 0 Å². The van der Waals surface area contributed by atoms with Crippen LogP contribution >= 0.6 is 0 Å². The minimum Gasteiger partial charge on any atom is -0.364 e. The van der Waals surface area contributed by atoms with E-state index >= 15 is 0 Å². The lowest BCUT2D eigenvalue weighted by Gasteiger charge is -2.10. The van der Waals surface area contributed by atoms with Crippen LogP contribution in [-0.2, 0) is 6.54 Å². The maximum absolute atomic E-state index is 4.71. The molecule has 0 bridgehead atoms. The second-order valence-electron chi connectivity index (χ2n) is 5.02. The topological polar surface area (TPSA) is 37.8 Å². The highest BCUT2D eigenvalue weighted by atomic mass is 15.0. The zero-order valence-electron chi connectivity index (χ0n) is 11.7. The minimum atomic E-state index is 0.687. The summed E-state index contributed by atoms with van der Waals surface area (Å²) < 4.78 is 0. The van der Waals surface area contributed by atoms with E-state index in [0.29, 0.717) is 6.54 Å². The molecular weight excluding hydrogens is 246 g/mol. The third-order valence-electron chi connectivity index (χ3n) is 3.33. The van der Waals surface area contributed by atoms with Gasteiger partial charge in [0.2, 0.25) is 0 Å². The van der Waals surface area contributed by atoms with Gasteiger partial charge in [-0.3, -0.25) is 4.98 Å². The Hall–Kier alpha value is -2.42. The standard InChI is InChI=1S/C17H17N3/c1-12-6-7-14-10-13(2)17(20-16(14)9-12)19-11-15-5-3-4-8-18-15/h3-10H,11H2,1-2H3,(H,19,20). The fourth-order valence-corrected chi connectivity index (χ4v) is 2.24. The van der Waals surface area contributed by atoms with Crippen LogP contribution in [0, 0.1) is 13.8 Å². The summed E-state index contributed by atoms with van der Waals surface area (Å²) in [6.45, 7) is 4.85. The first kappa shape index (κ1) is 12.6. The van der Waals surface area contributed by atoms with Gasteiger partial charge < -0.3 is 5.32 Å². The van der Waals surface area contributed by atoms with Gasteiger partial charge in [-0.2, -0.15) is 0 Å². The van der Waals surface area contributed by atoms with E-state index in [9.17, 15) is 0 Å². The lowest BCUT2D eigenvalue weighted by Crippen LogP contribution is -2.04. The van der Waals surface area contributed by atoms with Crippen LogP contribution in [0.15, 0.2) is 48.7 Å². The maximum Gasteiger partial charge on any atom is 0.129 e. The fourth-order valence-electron chi connectivity index (χ4n) is 2.24. The van der Waals surface area contributed by atoms with Gasteiger partial charge in [-0.05, 0) is 49.2 Å². The number of fused-ring (bicyclic) bond motifs is 1. The maximum atomic E-state index is 4.71. The Labute approximate surface area is 118 Å². The molecule has 2 aromatic heterocycles. The van der Waals surface area contributed by atoms with Crippen molar-refractivity contribution in [2.75, 3.05) is 5.32 Å². The van der Waals surface area contributed by atoms with Crippen molar-refractivity contribution in [1.29, 1.82) is 0 Å². The van der Waals surface area contributed by atoms with Crippen LogP contribution in [0.4, 0.5) is 5.82 Å². The molecule has 1 N–H and O–H groups in total. The van der Waals surface area contributed by atoms with E-state index in [2.05, 4.69) is 48.4 Å². The summed E-state index contributed by atoms with van der Waals surface area (Å²) in [6, 6.07) is 14.4. The predicted molar refractivity (Wildman–Crippen MR) is 82.8 cm³/mol. The Bertz CT molecular complexity index is 736. The average molecular weight is 263 g/mol. The Morgan fingerprint density at radius 3 is 2.75 bits per heavy atom. The molecule has 3 aromatic rings. The van der Waals surface area contributed by atoms with Crippen LogP contribution in [0.25, 0.3) is 10.9 Å². The predicted octanol–water partition coefficient (Wildman–Crippen LogP) is 3.86. The molecule has 2 heterocycles. The van der Waals surface area contributed by atoms with Crippen molar-refractivity contribution < 1.29 is 0 Å². The molecule has 3 rings (SSSR count). The van der Waals surface area contributed by atoms with Gasteiger partial charge in [0.15, 0.2) is 0 Å². The number of anilines is 1. The summed E-state index contributed by atoms with van der Waals surface area (Å²) in [5, 5.41) is 4.54. The molecule has 0 atom stereocenters. The molecule has 0 aliphatic heterocycles. The molecule has 0 radical (unpaired) electrons. The lowest BCUT2D eigenvalue weighted by atomic mass is 10.1. The summed E-state index contributed by atoms with van der Waals surface area (Å²) >= 11 is 0. The van der Waals surface area contributed by atoms with E-state index < -0.39 is 0 Å². The second-order valence-corrected chi connectivity index (χ2v) is 5.02. The van der Waals surface area contributed by atoms with Crippen molar-refractivity contribution in [3.05, 3.63) is 65.5 Å². The third-order valence-corrected chi connectivity index (χ3v) is 3.33. The first-order valence-electron chi connectivity index (χ1n) is 6.74. The zero-order chi connectivity index (χ0) is 13.9. The molecule has 0 spiro atoms. The SMILES string of the molecule is Cc1ccc2cc(C)c(NCc3ccccn3)nc2c1. The molecule has 3 heteroatoms. The van der Waals surface area contributed by atoms with Gasteiger partial charge in [-0.15, -0.1) is 0 Å². The van der Waals surface area contributed by atoms with Crippen LogP contribution in [0.5, 0.6) is 0 Å². The van der Waals surface area contributed by atoms with Crippen molar-refractivity contribution in [2.45, 2.75) is 20.4 Å². The smallest absolute Gasteiger partial charge is 0.129 e. The van der Waals surface area contributed by atoms with Crippen LogP contribution in [0.1, 0.15) is 16.8 Å². The molecule has 100 valence electrons. The summed E-state index contributed by atoms with van der Waals surface area (Å²) in [5.74, 6) is 0.925. The average Bonchev–Trinajstić information content (AvgIpc) is 2.46. The summed E-state index contributed by atoms with van der Waals surface area (Å²) in [7, 11) is 0. The minimum absolute atomic E-state index is 0.687. The first-order valence-corrected chi connectivity index (χ1v) is 6.74. The largest absolute Gasteiger partial charge is 0.364 e. The highest BCUT2D eigenvalue weighted by Crippen LogP contribution is 2.21. The molecule has 3 nitrogen and oxygen atoms in total. The van der Waals surface area contributed by atoms with E-state index in [-0.39, 0.29) is 0 Å². The van der Waals surface area contributed by atoms with E-state index in [1.54, 1.807) is 6.20 Å². The van der Waals surface area contributed by atoms with E-state index in [0.717, 1.165) is 22.6 Å². The molecule has 0 aliphatic carbocycles. The van der Waals surface area contributed by atoms with Crippen LogP contribution < -0.4 is 5.32 Å². The Morgan fingerprint density at radius 1 is 1.05 bits per heavy atom. The quantitative estimate of drug-likeness (QED) is 0.779. The Kier molecular flexibility index (Phi) is 3.33. The van der Waals surface area contributed by atoms with Gasteiger partial charge in [0.05, 0.1) is 17.8 Å². The summed E-state index contributed by atoms with van der Waals surface area (Å²) in [4.78, 5) is 9.02. The number of nitrogens with one attached hydrogen (secondary N) is 1. The number of aromatic nitrogens is 2. The molecule has 1 aromatic carbocycles. The number of aryl methyl sites for hydroxylation is 2. The number of rotatable bonds is 3. The highest BCUT2D eigenvalue weighted by molar-refractivity contribution is 5.82. The molecule has 0 fully saturated rings. The second kappa shape index (κ2) is 5.29. The third kappa shape index (κ3) is 2.62. The number of pyridine rings is 2. The molecule has 0 saturated carbocycles. The highest BCUT2D eigenvalue weighted by Gasteiger charge is 2.04. The molecule has 0 saturated heterocycles. The Balaban J connectivity index is 1.89. The van der Waals surface area contributed by atoms with Crippen molar-refractivity contribution in [2.24, 2.45) is 0 Å². The Morgan fingerprint density at radius 2 is 1.95 bits per heavy atom. The monoisotopic (exact) mass is 263 g/mol. The van der Waals surface area contributed by atoms with Gasteiger partial charge in [-0.1, -0.05) is 18.2 Å². The summed E-state index contributed by atoms with van der Waals surface area (Å²) in [5.41, 5.74) is 4.42. The molecular formula is C17H17N3. The van der Waals surface area contributed by atoms with Gasteiger partial charge >= 0.3 is 0 Å². The van der Waals surface area contributed by atoms with E-state index in [1.807, 2.05) is 18.2 Å². The van der Waals surface area contributed by atoms with Gasteiger partial charge in [-0.25, -0.2) is 4.98 Å². The van der Waals surface area contributed by atoms with Gasteiger partial charge in [0, 0.05) is 11.6 Å². The number of nitrogens with zero attached hydrogens (tertiary/aromatic N) is 2. The summed E-state index contributed by atoms with van der Waals surface area (Å²) in [6.07, 6.45) is 1.81. The van der Waals surface area contributed by atoms with Crippen LogP contribution in [0.2, 0.25) is 0 Å². The van der Waals surface area contributed by atoms with Crippen molar-refractivity contribution in [1.82, 2.24) is 9.97 Å². The van der Waals surface area contributed by atoms with Gasteiger partial charge in [0.25, 0.3) is 0 Å². The molecule has 0 amide bonds.